The van der Waals surface area contributed by atoms with Gasteiger partial charge in [-0.3, -0.25) is 14.4 Å². The molecule has 1 atom stereocenters. The lowest BCUT2D eigenvalue weighted by atomic mass is 9.80. The minimum Gasteiger partial charge on any atom is -0.465 e. The number of primary amides is 1. The standard InChI is InChI=1S/C24H34N2O5S2/c1-4-5-6-13-33-26-22(15-32-33)21-9-7-20(8-10-21)11-12-24(14-23(25)29,16-30-18(2)27)17-31-19(3)28/h7-10,13,15,26H,4-6,11-12,14,16-17H2,1-3H3,(H2,25,29). The van der Waals surface area contributed by atoms with Gasteiger partial charge < -0.3 is 19.9 Å². The molecular formula is C24H34N2O5S2. The van der Waals surface area contributed by atoms with Crippen LogP contribution in [0.2, 0.25) is 0 Å². The number of rotatable bonds is 13. The van der Waals surface area contributed by atoms with Gasteiger partial charge in [0.1, 0.15) is 13.2 Å². The average Bonchev–Trinajstić information content (AvgIpc) is 3.24. The summed E-state index contributed by atoms with van der Waals surface area (Å²) >= 11 is 0. The van der Waals surface area contributed by atoms with Crippen molar-refractivity contribution < 1.29 is 23.9 Å². The smallest absolute Gasteiger partial charge is 0.302 e. The number of hydrogen-bond acceptors (Lipinski definition) is 7. The van der Waals surface area contributed by atoms with Crippen molar-refractivity contribution in [2.24, 2.45) is 11.1 Å². The monoisotopic (exact) mass is 494 g/mol. The summed E-state index contributed by atoms with van der Waals surface area (Å²) in [6.45, 7) is 4.72. The predicted octanol–water partition coefficient (Wildman–Crippen LogP) is 4.33. The first-order valence-corrected chi connectivity index (χ1v) is 13.8. The Bertz CT molecular complexity index is 879. The molecule has 3 N–H and O–H groups in total. The molecule has 0 saturated carbocycles. The molecule has 182 valence electrons. The maximum absolute atomic E-state index is 11.7. The van der Waals surface area contributed by atoms with E-state index in [1.54, 1.807) is 0 Å². The Kier molecular flexibility index (Phi) is 11.0. The molecule has 1 unspecified atom stereocenters. The molecule has 1 amide bonds. The number of carbonyl (C=O) groups excluding carboxylic acids is 3. The van der Waals surface area contributed by atoms with Crippen LogP contribution in [0.3, 0.4) is 0 Å². The highest BCUT2D eigenvalue weighted by Crippen LogP contribution is 2.39. The Morgan fingerprint density at radius 3 is 2.30 bits per heavy atom. The zero-order valence-corrected chi connectivity index (χ0v) is 21.2. The molecule has 0 aromatic heterocycles. The third-order valence-electron chi connectivity index (χ3n) is 5.23. The van der Waals surface area contributed by atoms with E-state index in [1.165, 1.54) is 26.7 Å². The van der Waals surface area contributed by atoms with Crippen LogP contribution in [-0.4, -0.2) is 36.4 Å². The van der Waals surface area contributed by atoms with Gasteiger partial charge in [-0.05, 0) is 62.7 Å². The van der Waals surface area contributed by atoms with Gasteiger partial charge in [0.05, 0.1) is 5.70 Å². The van der Waals surface area contributed by atoms with Crippen molar-refractivity contribution in [3.8, 4) is 0 Å². The summed E-state index contributed by atoms with van der Waals surface area (Å²) in [6.07, 6.45) is 4.57. The van der Waals surface area contributed by atoms with Gasteiger partial charge in [-0.1, -0.05) is 37.6 Å². The molecule has 0 aliphatic carbocycles. The molecule has 2 rings (SSSR count). The van der Waals surface area contributed by atoms with Gasteiger partial charge in [0, 0.05) is 31.1 Å². The molecule has 1 aliphatic rings. The first-order valence-electron chi connectivity index (χ1n) is 11.1. The highest BCUT2D eigenvalue weighted by molar-refractivity contribution is 8.84. The molecule has 9 heteroatoms. The maximum Gasteiger partial charge on any atom is 0.302 e. The Hall–Kier alpha value is -2.26. The number of esters is 2. The summed E-state index contributed by atoms with van der Waals surface area (Å²) in [4.78, 5) is 34.5. The lowest BCUT2D eigenvalue weighted by molar-refractivity contribution is -0.154. The topological polar surface area (TPSA) is 108 Å². The van der Waals surface area contributed by atoms with Gasteiger partial charge in [-0.15, -0.1) is 0 Å². The van der Waals surface area contributed by atoms with Gasteiger partial charge in [0.15, 0.2) is 0 Å². The number of hydrogen-bond donors (Lipinski definition) is 2. The molecule has 0 spiro atoms. The number of amides is 1. The fraction of sp³-hybridized carbons (Fsp3) is 0.500. The van der Waals surface area contributed by atoms with Crippen molar-refractivity contribution in [3.63, 3.8) is 0 Å². The van der Waals surface area contributed by atoms with Crippen LogP contribution in [0.5, 0.6) is 0 Å². The van der Waals surface area contributed by atoms with Crippen LogP contribution < -0.4 is 10.5 Å². The van der Waals surface area contributed by atoms with E-state index in [0.29, 0.717) is 12.8 Å². The van der Waals surface area contributed by atoms with E-state index < -0.39 is 23.3 Å². The summed E-state index contributed by atoms with van der Waals surface area (Å²) in [7, 11) is 1.83. The van der Waals surface area contributed by atoms with Crippen molar-refractivity contribution in [2.45, 2.75) is 59.3 Å². The van der Waals surface area contributed by atoms with Gasteiger partial charge in [0.25, 0.3) is 0 Å². The number of nitrogens with two attached hydrogens (primary N) is 1. The van der Waals surface area contributed by atoms with E-state index in [-0.39, 0.29) is 29.3 Å². The van der Waals surface area contributed by atoms with Crippen LogP contribution in [0.4, 0.5) is 0 Å². The molecule has 7 nitrogen and oxygen atoms in total. The number of aryl methyl sites for hydroxylation is 1. The van der Waals surface area contributed by atoms with E-state index in [9.17, 15) is 14.4 Å². The number of ether oxygens (including phenoxy) is 2. The van der Waals surface area contributed by atoms with Gasteiger partial charge in [0.2, 0.25) is 5.91 Å². The van der Waals surface area contributed by atoms with Crippen molar-refractivity contribution in [3.05, 3.63) is 40.8 Å². The Morgan fingerprint density at radius 2 is 1.76 bits per heavy atom. The van der Waals surface area contributed by atoms with Crippen molar-refractivity contribution in [1.82, 2.24) is 4.72 Å². The highest BCUT2D eigenvalue weighted by Gasteiger charge is 2.35. The lowest BCUT2D eigenvalue weighted by Gasteiger charge is -2.31. The third kappa shape index (κ3) is 9.63. The fourth-order valence-corrected chi connectivity index (χ4v) is 6.37. The molecule has 33 heavy (non-hydrogen) atoms. The lowest BCUT2D eigenvalue weighted by Crippen LogP contribution is -2.38. The summed E-state index contributed by atoms with van der Waals surface area (Å²) in [5.74, 6) is -1.46. The van der Waals surface area contributed by atoms with E-state index in [4.69, 9.17) is 15.2 Å². The van der Waals surface area contributed by atoms with Crippen molar-refractivity contribution in [1.29, 1.82) is 0 Å². The molecule has 0 saturated heterocycles. The van der Waals surface area contributed by atoms with E-state index >= 15 is 0 Å². The number of nitrogens with one attached hydrogen (secondary N) is 1. The van der Waals surface area contributed by atoms with E-state index in [0.717, 1.165) is 23.2 Å². The molecule has 1 aromatic rings. The SMILES string of the molecule is CCCCC=S1NC(c2ccc(CCC(COC(C)=O)(COC(C)=O)CC(N)=O)cc2)=CS1. The van der Waals surface area contributed by atoms with E-state index in [1.807, 2.05) is 22.9 Å². The van der Waals surface area contributed by atoms with Crippen molar-refractivity contribution in [2.75, 3.05) is 13.2 Å². The number of carbonyl (C=O) groups is 3. The first-order chi connectivity index (χ1) is 15.7. The quantitative estimate of drug-likeness (QED) is 0.182. The molecule has 1 heterocycles. The molecule has 0 radical (unpaired) electrons. The zero-order valence-electron chi connectivity index (χ0n) is 19.6. The zero-order chi connectivity index (χ0) is 24.3. The Labute approximate surface area is 202 Å². The normalized spacial score (nSPS) is 15.6. The largest absolute Gasteiger partial charge is 0.465 e. The van der Waals surface area contributed by atoms with Gasteiger partial charge in [-0.2, -0.15) is 0 Å². The minimum absolute atomic E-state index is 0.0241. The van der Waals surface area contributed by atoms with E-state index in [2.05, 4.69) is 34.6 Å². The second kappa shape index (κ2) is 13.4. The molecule has 1 aromatic carbocycles. The molecule has 0 bridgehead atoms. The van der Waals surface area contributed by atoms with Gasteiger partial charge >= 0.3 is 11.9 Å². The summed E-state index contributed by atoms with van der Waals surface area (Å²) < 4.78 is 14.0. The summed E-state index contributed by atoms with van der Waals surface area (Å²) in [6, 6.07) is 8.24. The van der Waals surface area contributed by atoms with Crippen LogP contribution in [0, 0.1) is 5.41 Å². The third-order valence-corrected chi connectivity index (χ3v) is 8.30. The first kappa shape index (κ1) is 27.0. The predicted molar refractivity (Wildman–Crippen MR) is 136 cm³/mol. The number of unbranched alkanes of at least 4 members (excludes halogenated alkanes) is 2. The van der Waals surface area contributed by atoms with Crippen LogP contribution in [0.1, 0.15) is 64.0 Å². The number of benzene rings is 1. The summed E-state index contributed by atoms with van der Waals surface area (Å²) in [5.41, 5.74) is 7.91. The van der Waals surface area contributed by atoms with Crippen LogP contribution >= 0.6 is 20.5 Å². The second-order valence-electron chi connectivity index (χ2n) is 8.24. The average molecular weight is 495 g/mol. The maximum atomic E-state index is 11.7. The second-order valence-corrected chi connectivity index (χ2v) is 11.5. The van der Waals surface area contributed by atoms with Crippen molar-refractivity contribution >= 4 is 49.4 Å². The molecule has 1 aliphatic heterocycles. The minimum atomic E-state index is -0.864. The molecule has 0 fully saturated rings. The fourth-order valence-electron chi connectivity index (χ4n) is 3.37. The van der Waals surface area contributed by atoms with Crippen LogP contribution in [0.25, 0.3) is 5.70 Å². The Balaban J connectivity index is 2.05. The van der Waals surface area contributed by atoms with Crippen LogP contribution in [0.15, 0.2) is 29.7 Å². The highest BCUT2D eigenvalue weighted by atomic mass is 33.1. The summed E-state index contributed by atoms with van der Waals surface area (Å²) in [5, 5.41) is 4.51. The molecular weight excluding hydrogens is 460 g/mol. The Morgan fingerprint density at radius 1 is 1.12 bits per heavy atom. The van der Waals surface area contributed by atoms with Gasteiger partial charge in [-0.25, -0.2) is 0 Å². The van der Waals surface area contributed by atoms with Crippen LogP contribution in [-0.2, 0) is 30.3 Å².